The summed E-state index contributed by atoms with van der Waals surface area (Å²) in [5.74, 6) is 0. The molecule has 26 heavy (non-hydrogen) atoms. The van der Waals surface area contributed by atoms with Crippen molar-refractivity contribution in [3.05, 3.63) is 68.9 Å². The number of halogens is 1. The van der Waals surface area contributed by atoms with Gasteiger partial charge in [-0.15, -0.1) is 11.3 Å². The minimum atomic E-state index is -2.01. The highest BCUT2D eigenvalue weighted by atomic mass is 32.1. The van der Waals surface area contributed by atoms with Crippen LogP contribution in [0.1, 0.15) is 34.6 Å². The SMILES string of the molecule is [B]C(C)(F)c1cc(C)n(Cc2cc(=O)n3c(/C=C/C=C)c(C)sc3n2)n1. The van der Waals surface area contributed by atoms with Gasteiger partial charge >= 0.3 is 0 Å². The van der Waals surface area contributed by atoms with E-state index in [1.165, 1.54) is 24.3 Å². The minimum Gasteiger partial charge on any atom is -0.269 e. The van der Waals surface area contributed by atoms with Gasteiger partial charge in [-0.1, -0.05) is 18.7 Å². The molecule has 0 saturated heterocycles. The molecule has 3 aromatic heterocycles. The average molecular weight is 368 g/mol. The molecule has 8 heteroatoms. The molecule has 1 unspecified atom stereocenters. The molecule has 0 aliphatic heterocycles. The van der Waals surface area contributed by atoms with Gasteiger partial charge in [-0.2, -0.15) is 5.10 Å². The summed E-state index contributed by atoms with van der Waals surface area (Å²) in [6, 6.07) is 3.07. The van der Waals surface area contributed by atoms with Crippen molar-refractivity contribution in [1.29, 1.82) is 0 Å². The van der Waals surface area contributed by atoms with Crippen molar-refractivity contribution in [2.24, 2.45) is 0 Å². The Morgan fingerprint density at radius 2 is 2.15 bits per heavy atom. The molecule has 0 amide bonds. The van der Waals surface area contributed by atoms with Gasteiger partial charge in [0, 0.05) is 16.6 Å². The minimum absolute atomic E-state index is 0.150. The molecule has 1 atom stereocenters. The van der Waals surface area contributed by atoms with Gasteiger partial charge in [0.1, 0.15) is 13.4 Å². The maximum atomic E-state index is 13.9. The molecule has 0 bridgehead atoms. The van der Waals surface area contributed by atoms with Gasteiger partial charge in [-0.25, -0.2) is 9.37 Å². The van der Waals surface area contributed by atoms with Gasteiger partial charge in [-0.05, 0) is 32.9 Å². The number of aromatic nitrogens is 4. The Balaban J connectivity index is 2.03. The van der Waals surface area contributed by atoms with Crippen LogP contribution in [-0.2, 0) is 12.1 Å². The smallest absolute Gasteiger partial charge is 0.259 e. The maximum absolute atomic E-state index is 13.9. The number of aryl methyl sites for hydroxylation is 2. The van der Waals surface area contributed by atoms with Crippen molar-refractivity contribution >= 4 is 30.2 Å². The summed E-state index contributed by atoms with van der Waals surface area (Å²) in [6.07, 6.45) is 5.27. The monoisotopic (exact) mass is 368 g/mol. The molecule has 2 radical (unpaired) electrons. The molecule has 0 fully saturated rings. The van der Waals surface area contributed by atoms with Crippen LogP contribution in [0.3, 0.4) is 0 Å². The second kappa shape index (κ2) is 6.68. The number of hydrogen-bond acceptors (Lipinski definition) is 4. The standard InChI is InChI=1S/C18H18BFN4OS/c1-5-6-7-14-12(3)26-17-21-13(9-16(25)24(14)17)10-23-11(2)8-15(22-23)18(4,19)20/h5-9H,1,10H2,2-4H3/b7-6+. The lowest BCUT2D eigenvalue weighted by Crippen LogP contribution is -2.18. The molecule has 3 aromatic rings. The summed E-state index contributed by atoms with van der Waals surface area (Å²) in [6.45, 7) is 8.91. The zero-order valence-electron chi connectivity index (χ0n) is 14.9. The molecule has 0 aliphatic rings. The van der Waals surface area contributed by atoms with Gasteiger partial charge < -0.3 is 0 Å². The van der Waals surface area contributed by atoms with Crippen molar-refractivity contribution in [3.63, 3.8) is 0 Å². The van der Waals surface area contributed by atoms with E-state index in [1.54, 1.807) is 34.2 Å². The first-order valence-electron chi connectivity index (χ1n) is 8.04. The van der Waals surface area contributed by atoms with E-state index >= 15 is 0 Å². The molecule has 0 N–H and O–H groups in total. The first-order valence-corrected chi connectivity index (χ1v) is 8.86. The first-order chi connectivity index (χ1) is 12.2. The lowest BCUT2D eigenvalue weighted by molar-refractivity contribution is 0.302. The van der Waals surface area contributed by atoms with E-state index in [-0.39, 0.29) is 17.8 Å². The quantitative estimate of drug-likeness (QED) is 0.514. The molecule has 0 aliphatic carbocycles. The first kappa shape index (κ1) is 18.3. The van der Waals surface area contributed by atoms with Crippen LogP contribution in [0.25, 0.3) is 11.0 Å². The van der Waals surface area contributed by atoms with E-state index in [4.69, 9.17) is 7.85 Å². The number of hydrogen-bond donors (Lipinski definition) is 0. The molecule has 132 valence electrons. The Bertz CT molecular complexity index is 1070. The molecule has 0 spiro atoms. The van der Waals surface area contributed by atoms with Crippen LogP contribution in [0.15, 0.2) is 35.7 Å². The molecule has 5 nitrogen and oxygen atoms in total. The van der Waals surface area contributed by atoms with Crippen molar-refractivity contribution < 1.29 is 4.39 Å². The van der Waals surface area contributed by atoms with E-state index in [1.807, 2.05) is 13.0 Å². The Morgan fingerprint density at radius 3 is 2.77 bits per heavy atom. The topological polar surface area (TPSA) is 52.2 Å². The molecule has 3 rings (SSSR count). The van der Waals surface area contributed by atoms with E-state index in [2.05, 4.69) is 16.7 Å². The summed E-state index contributed by atoms with van der Waals surface area (Å²) in [5.41, 5.74) is 0.0697. The second-order valence-electron chi connectivity index (χ2n) is 6.25. The number of alkyl halides is 1. The zero-order valence-corrected chi connectivity index (χ0v) is 15.7. The van der Waals surface area contributed by atoms with E-state index < -0.39 is 5.57 Å². The molecule has 0 aromatic carbocycles. The Kier molecular flexibility index (Phi) is 4.71. The fraction of sp³-hybridized carbons (Fsp3) is 0.278. The van der Waals surface area contributed by atoms with E-state index in [9.17, 15) is 9.18 Å². The molecule has 3 heterocycles. The van der Waals surface area contributed by atoms with E-state index in [0.717, 1.165) is 16.3 Å². The maximum Gasteiger partial charge on any atom is 0.259 e. The number of fused-ring (bicyclic) bond motifs is 1. The molecular formula is C18H18BFN4OS. The molecule has 0 saturated carbocycles. The third-order valence-corrected chi connectivity index (χ3v) is 4.94. The van der Waals surface area contributed by atoms with Gasteiger partial charge in [0.25, 0.3) is 5.56 Å². The third kappa shape index (κ3) is 3.42. The van der Waals surface area contributed by atoms with Gasteiger partial charge in [-0.3, -0.25) is 13.9 Å². The fourth-order valence-electron chi connectivity index (χ4n) is 2.64. The lowest BCUT2D eigenvalue weighted by atomic mass is 9.83. The van der Waals surface area contributed by atoms with Crippen LogP contribution in [0.5, 0.6) is 0 Å². The molecular weight excluding hydrogens is 350 g/mol. The average Bonchev–Trinajstić information content (AvgIpc) is 3.05. The largest absolute Gasteiger partial charge is 0.269 e. The predicted octanol–water partition coefficient (Wildman–Crippen LogP) is 3.13. The Hall–Kier alpha value is -2.48. The summed E-state index contributed by atoms with van der Waals surface area (Å²) >= 11 is 1.44. The number of rotatable bonds is 5. The lowest BCUT2D eigenvalue weighted by Gasteiger charge is -2.10. The number of allylic oxidation sites excluding steroid dienone is 2. The van der Waals surface area contributed by atoms with Crippen molar-refractivity contribution in [3.8, 4) is 0 Å². The van der Waals surface area contributed by atoms with Crippen LogP contribution in [0.2, 0.25) is 0 Å². The highest BCUT2D eigenvalue weighted by Gasteiger charge is 2.23. The van der Waals surface area contributed by atoms with Crippen molar-refractivity contribution in [1.82, 2.24) is 19.2 Å². The summed E-state index contributed by atoms with van der Waals surface area (Å²) in [4.78, 5) is 18.8. The summed E-state index contributed by atoms with van der Waals surface area (Å²) in [7, 11) is 5.47. The third-order valence-electron chi connectivity index (χ3n) is 3.97. The number of thiazole rings is 1. The zero-order chi connectivity index (χ0) is 19.1. The Morgan fingerprint density at radius 1 is 1.42 bits per heavy atom. The summed E-state index contributed by atoms with van der Waals surface area (Å²) < 4.78 is 17.1. The van der Waals surface area contributed by atoms with Crippen LogP contribution in [0.4, 0.5) is 4.39 Å². The fourth-order valence-corrected chi connectivity index (χ4v) is 3.62. The van der Waals surface area contributed by atoms with Crippen LogP contribution >= 0.6 is 11.3 Å². The highest BCUT2D eigenvalue weighted by molar-refractivity contribution is 7.17. The van der Waals surface area contributed by atoms with Crippen LogP contribution in [0, 0.1) is 13.8 Å². The van der Waals surface area contributed by atoms with Gasteiger partial charge in [0.15, 0.2) is 4.96 Å². The predicted molar refractivity (Wildman–Crippen MR) is 104 cm³/mol. The summed E-state index contributed by atoms with van der Waals surface area (Å²) in [5, 5.41) is 4.20. The normalized spacial score (nSPS) is 14.2. The van der Waals surface area contributed by atoms with Crippen LogP contribution in [-0.4, -0.2) is 27.0 Å². The van der Waals surface area contributed by atoms with Crippen molar-refractivity contribution in [2.45, 2.75) is 32.9 Å². The van der Waals surface area contributed by atoms with E-state index in [0.29, 0.717) is 10.7 Å². The van der Waals surface area contributed by atoms with Crippen molar-refractivity contribution in [2.75, 3.05) is 0 Å². The Labute approximate surface area is 155 Å². The number of nitrogens with zero attached hydrogens (tertiary/aromatic N) is 4. The second-order valence-corrected chi connectivity index (χ2v) is 7.43. The van der Waals surface area contributed by atoms with Gasteiger partial charge in [0.05, 0.1) is 23.6 Å². The highest BCUT2D eigenvalue weighted by Crippen LogP contribution is 2.23. The van der Waals surface area contributed by atoms with Gasteiger partial charge in [0.2, 0.25) is 0 Å². The van der Waals surface area contributed by atoms with Crippen LogP contribution < -0.4 is 5.56 Å².